The molecule has 0 aliphatic carbocycles. The largest absolute Gasteiger partial charge is 0.313 e. The van der Waals surface area contributed by atoms with E-state index in [1.807, 2.05) is 0 Å². The van der Waals surface area contributed by atoms with Crippen LogP contribution in [0.2, 0.25) is 0 Å². The Morgan fingerprint density at radius 2 is 1.73 bits per heavy atom. The highest BCUT2D eigenvalue weighted by Crippen LogP contribution is 2.23. The van der Waals surface area contributed by atoms with Crippen LogP contribution in [0.4, 0.5) is 0 Å². The molecule has 64 valence electrons. The minimum atomic E-state index is 0.514. The van der Waals surface area contributed by atoms with Crippen molar-refractivity contribution in [2.45, 2.75) is 31.7 Å². The molecule has 0 bridgehead atoms. The summed E-state index contributed by atoms with van der Waals surface area (Å²) in [4.78, 5) is 2.66. The molecule has 11 heavy (non-hydrogen) atoms. The Hall–Kier alpha value is -0.0800. The van der Waals surface area contributed by atoms with E-state index in [4.69, 9.17) is 0 Å². The van der Waals surface area contributed by atoms with Gasteiger partial charge in [0.2, 0.25) is 0 Å². The van der Waals surface area contributed by atoms with Gasteiger partial charge in [-0.15, -0.1) is 0 Å². The van der Waals surface area contributed by atoms with E-state index in [0.717, 1.165) is 0 Å². The van der Waals surface area contributed by atoms with Crippen LogP contribution in [0.3, 0.4) is 0 Å². The Morgan fingerprint density at radius 1 is 1.09 bits per heavy atom. The summed E-state index contributed by atoms with van der Waals surface area (Å²) in [5, 5.41) is 3.36. The lowest BCUT2D eigenvalue weighted by molar-refractivity contribution is 0.0373. The average molecular weight is 154 g/mol. The quantitative estimate of drug-likeness (QED) is 0.602. The molecule has 0 aromatic carbocycles. The van der Waals surface area contributed by atoms with Crippen molar-refractivity contribution < 1.29 is 0 Å². The van der Waals surface area contributed by atoms with E-state index in [2.05, 4.69) is 17.1 Å². The van der Waals surface area contributed by atoms with E-state index in [0.29, 0.717) is 5.54 Å². The van der Waals surface area contributed by atoms with Crippen molar-refractivity contribution in [3.63, 3.8) is 0 Å². The van der Waals surface area contributed by atoms with Crippen LogP contribution < -0.4 is 5.32 Å². The Kier molecular flexibility index (Phi) is 1.90. The molecule has 2 nitrogen and oxygen atoms in total. The predicted molar refractivity (Wildman–Crippen MR) is 46.7 cm³/mol. The molecule has 2 rings (SSSR count). The highest BCUT2D eigenvalue weighted by atomic mass is 15.3. The molecule has 0 aromatic heterocycles. The lowest BCUT2D eigenvalue weighted by Crippen LogP contribution is -2.67. The fourth-order valence-corrected chi connectivity index (χ4v) is 2.14. The normalized spacial score (nSPS) is 31.4. The van der Waals surface area contributed by atoms with Gasteiger partial charge in [0.1, 0.15) is 0 Å². The maximum Gasteiger partial charge on any atom is 0.0429 e. The molecule has 2 saturated heterocycles. The number of hydrogen-bond acceptors (Lipinski definition) is 2. The van der Waals surface area contributed by atoms with E-state index >= 15 is 0 Å². The minimum Gasteiger partial charge on any atom is -0.313 e. The first kappa shape index (κ1) is 7.56. The molecule has 0 saturated carbocycles. The molecule has 1 N–H and O–H groups in total. The number of likely N-dealkylation sites (tertiary alicyclic amines) is 1. The van der Waals surface area contributed by atoms with Gasteiger partial charge < -0.3 is 5.32 Å². The van der Waals surface area contributed by atoms with Gasteiger partial charge in [0, 0.05) is 18.6 Å². The molecule has 0 radical (unpaired) electrons. The summed E-state index contributed by atoms with van der Waals surface area (Å²) in [7, 11) is 0. The summed E-state index contributed by atoms with van der Waals surface area (Å²) < 4.78 is 0. The summed E-state index contributed by atoms with van der Waals surface area (Å²) in [6.07, 6.45) is 4.27. The second-order valence-electron chi connectivity index (χ2n) is 4.15. The van der Waals surface area contributed by atoms with Crippen LogP contribution in [0.15, 0.2) is 0 Å². The van der Waals surface area contributed by atoms with Crippen LogP contribution in [0.5, 0.6) is 0 Å². The van der Waals surface area contributed by atoms with Crippen LogP contribution in [0.25, 0.3) is 0 Å². The zero-order valence-electron chi connectivity index (χ0n) is 7.40. The molecule has 2 aliphatic rings. The zero-order valence-corrected chi connectivity index (χ0v) is 7.40. The Balaban J connectivity index is 1.91. The third-order valence-corrected chi connectivity index (χ3v) is 3.13. The number of hydrogen-bond donors (Lipinski definition) is 1. The fourth-order valence-electron chi connectivity index (χ4n) is 2.14. The lowest BCUT2D eigenvalue weighted by atomic mass is 9.90. The van der Waals surface area contributed by atoms with Crippen molar-refractivity contribution in [2.75, 3.05) is 26.2 Å². The first-order valence-corrected chi connectivity index (χ1v) is 4.77. The third-order valence-electron chi connectivity index (χ3n) is 3.13. The van der Waals surface area contributed by atoms with Gasteiger partial charge in [-0.2, -0.15) is 0 Å². The average Bonchev–Trinajstić information content (AvgIpc) is 2.02. The second kappa shape index (κ2) is 2.76. The van der Waals surface area contributed by atoms with E-state index in [9.17, 15) is 0 Å². The van der Waals surface area contributed by atoms with E-state index in [1.165, 1.54) is 45.4 Å². The molecule has 0 spiro atoms. The van der Waals surface area contributed by atoms with Crippen LogP contribution >= 0.6 is 0 Å². The molecular weight excluding hydrogens is 136 g/mol. The summed E-state index contributed by atoms with van der Waals surface area (Å²) in [5.41, 5.74) is 0.514. The van der Waals surface area contributed by atoms with Gasteiger partial charge in [-0.1, -0.05) is 6.42 Å². The standard InChI is InChI=1S/C9H18N2/c1-9(7-10-8-9)11-5-3-2-4-6-11/h10H,2-8H2,1H3. The molecule has 2 heteroatoms. The van der Waals surface area contributed by atoms with Crippen molar-refractivity contribution >= 4 is 0 Å². The van der Waals surface area contributed by atoms with Crippen LogP contribution in [-0.4, -0.2) is 36.6 Å². The SMILES string of the molecule is CC1(N2CCCCC2)CNC1. The van der Waals surface area contributed by atoms with Gasteiger partial charge in [0.15, 0.2) is 0 Å². The zero-order chi connectivity index (χ0) is 7.73. The van der Waals surface area contributed by atoms with Gasteiger partial charge >= 0.3 is 0 Å². The Bertz CT molecular complexity index is 134. The maximum atomic E-state index is 3.36. The van der Waals surface area contributed by atoms with Gasteiger partial charge in [0.05, 0.1) is 0 Å². The van der Waals surface area contributed by atoms with E-state index in [-0.39, 0.29) is 0 Å². The number of nitrogens with zero attached hydrogens (tertiary/aromatic N) is 1. The van der Waals surface area contributed by atoms with Crippen LogP contribution in [0.1, 0.15) is 26.2 Å². The van der Waals surface area contributed by atoms with E-state index < -0.39 is 0 Å². The molecule has 0 atom stereocenters. The van der Waals surface area contributed by atoms with Gasteiger partial charge in [0.25, 0.3) is 0 Å². The topological polar surface area (TPSA) is 15.3 Å². The number of rotatable bonds is 1. The number of nitrogens with one attached hydrogen (secondary N) is 1. The molecule has 2 heterocycles. The molecule has 2 aliphatic heterocycles. The predicted octanol–water partition coefficient (Wildman–Crippen LogP) is 0.834. The van der Waals surface area contributed by atoms with Gasteiger partial charge in [-0.05, 0) is 32.9 Å². The maximum absolute atomic E-state index is 3.36. The van der Waals surface area contributed by atoms with Crippen molar-refractivity contribution in [3.05, 3.63) is 0 Å². The fraction of sp³-hybridized carbons (Fsp3) is 1.00. The van der Waals surface area contributed by atoms with Crippen molar-refractivity contribution in [2.24, 2.45) is 0 Å². The third kappa shape index (κ3) is 1.30. The molecule has 2 fully saturated rings. The molecule has 0 amide bonds. The van der Waals surface area contributed by atoms with E-state index in [1.54, 1.807) is 0 Å². The monoisotopic (exact) mass is 154 g/mol. The minimum absolute atomic E-state index is 0.514. The lowest BCUT2D eigenvalue weighted by Gasteiger charge is -2.49. The highest BCUT2D eigenvalue weighted by molar-refractivity contribution is 4.98. The summed E-state index contributed by atoms with van der Waals surface area (Å²) in [5.74, 6) is 0. The highest BCUT2D eigenvalue weighted by Gasteiger charge is 2.37. The number of piperidine rings is 1. The summed E-state index contributed by atoms with van der Waals surface area (Å²) >= 11 is 0. The Morgan fingerprint density at radius 3 is 2.18 bits per heavy atom. The van der Waals surface area contributed by atoms with Gasteiger partial charge in [-0.3, -0.25) is 4.90 Å². The second-order valence-corrected chi connectivity index (χ2v) is 4.15. The van der Waals surface area contributed by atoms with Crippen molar-refractivity contribution in [1.29, 1.82) is 0 Å². The first-order chi connectivity index (χ1) is 5.31. The molecule has 0 aromatic rings. The van der Waals surface area contributed by atoms with Crippen molar-refractivity contribution in [3.8, 4) is 0 Å². The molecular formula is C9H18N2. The van der Waals surface area contributed by atoms with Gasteiger partial charge in [-0.25, -0.2) is 0 Å². The summed E-state index contributed by atoms with van der Waals surface area (Å²) in [6, 6.07) is 0. The molecule has 0 unspecified atom stereocenters. The first-order valence-electron chi connectivity index (χ1n) is 4.77. The van der Waals surface area contributed by atoms with Crippen LogP contribution in [-0.2, 0) is 0 Å². The summed E-state index contributed by atoms with van der Waals surface area (Å²) in [6.45, 7) is 7.45. The van der Waals surface area contributed by atoms with Crippen LogP contribution in [0, 0.1) is 0 Å². The van der Waals surface area contributed by atoms with Crippen molar-refractivity contribution in [1.82, 2.24) is 10.2 Å². The Labute approximate surface area is 69.0 Å². The smallest absolute Gasteiger partial charge is 0.0429 e.